The number of hydrogen-bond acceptors (Lipinski definition) is 4. The molecule has 0 radical (unpaired) electrons. The van der Waals surface area contributed by atoms with E-state index in [-0.39, 0.29) is 22.0 Å². The molecule has 0 fully saturated rings. The predicted molar refractivity (Wildman–Crippen MR) is 94.9 cm³/mol. The van der Waals surface area contributed by atoms with Crippen LogP contribution in [-0.2, 0) is 4.74 Å². The van der Waals surface area contributed by atoms with Crippen LogP contribution < -0.4 is 10.3 Å². The van der Waals surface area contributed by atoms with Gasteiger partial charge < -0.3 is 9.47 Å². The number of carbonyl (C=O) groups is 1. The van der Waals surface area contributed by atoms with E-state index in [2.05, 4.69) is 4.74 Å². The standard InChI is InChI=1S/C19H13F3N2O4/c1-10-16(18(26)27-2)13-9-11(28-19(20,21)22)7-8-15(13)24-17(25)12-5-3-4-6-14(12)23(10)24/h3-9H,1-2H3. The van der Waals surface area contributed by atoms with Crippen LogP contribution in [0.4, 0.5) is 13.2 Å². The van der Waals surface area contributed by atoms with E-state index in [1.54, 1.807) is 35.7 Å². The summed E-state index contributed by atoms with van der Waals surface area (Å²) in [7, 11) is 1.17. The van der Waals surface area contributed by atoms with Crippen molar-refractivity contribution < 1.29 is 27.4 Å². The van der Waals surface area contributed by atoms with E-state index in [0.29, 0.717) is 16.6 Å². The smallest absolute Gasteiger partial charge is 0.465 e. The average Bonchev–Trinajstić information content (AvgIpc) is 2.94. The van der Waals surface area contributed by atoms with Crippen molar-refractivity contribution in [3.63, 3.8) is 0 Å². The van der Waals surface area contributed by atoms with Gasteiger partial charge in [0.2, 0.25) is 0 Å². The number of benzene rings is 2. The van der Waals surface area contributed by atoms with Crippen LogP contribution in [0.2, 0.25) is 0 Å². The van der Waals surface area contributed by atoms with Gasteiger partial charge in [0.15, 0.2) is 0 Å². The van der Waals surface area contributed by atoms with Crippen molar-refractivity contribution in [2.24, 2.45) is 0 Å². The molecule has 0 atom stereocenters. The fourth-order valence-corrected chi connectivity index (χ4v) is 3.46. The van der Waals surface area contributed by atoms with Crippen molar-refractivity contribution in [1.82, 2.24) is 9.03 Å². The molecule has 0 saturated carbocycles. The number of nitrogens with zero attached hydrogens (tertiary/aromatic N) is 2. The van der Waals surface area contributed by atoms with Crippen LogP contribution in [0.3, 0.4) is 0 Å². The van der Waals surface area contributed by atoms with Crippen molar-refractivity contribution in [1.29, 1.82) is 0 Å². The third kappa shape index (κ3) is 2.58. The minimum Gasteiger partial charge on any atom is -0.465 e. The average molecular weight is 390 g/mol. The number of ether oxygens (including phenoxy) is 2. The van der Waals surface area contributed by atoms with Gasteiger partial charge in [0.1, 0.15) is 5.75 Å². The van der Waals surface area contributed by atoms with Gasteiger partial charge in [-0.15, -0.1) is 13.2 Å². The van der Waals surface area contributed by atoms with E-state index in [1.165, 1.54) is 17.7 Å². The number of carbonyl (C=O) groups excluding carboxylic acids is 1. The molecule has 28 heavy (non-hydrogen) atoms. The molecule has 0 unspecified atom stereocenters. The fraction of sp³-hybridized carbons (Fsp3) is 0.158. The highest BCUT2D eigenvalue weighted by atomic mass is 19.4. The summed E-state index contributed by atoms with van der Waals surface area (Å²) >= 11 is 0. The van der Waals surface area contributed by atoms with Crippen LogP contribution >= 0.6 is 0 Å². The minimum atomic E-state index is -4.89. The molecule has 2 heterocycles. The molecule has 9 heteroatoms. The Bertz CT molecular complexity index is 1320. The van der Waals surface area contributed by atoms with Crippen LogP contribution in [0.5, 0.6) is 5.75 Å². The van der Waals surface area contributed by atoms with Crippen molar-refractivity contribution in [3.8, 4) is 5.75 Å². The Morgan fingerprint density at radius 1 is 1.00 bits per heavy atom. The normalized spacial score (nSPS) is 12.0. The number of aryl methyl sites for hydroxylation is 1. The largest absolute Gasteiger partial charge is 0.573 e. The molecule has 2 aromatic carbocycles. The number of methoxy groups -OCH3 is 1. The Labute approximate surface area is 155 Å². The molecule has 0 bridgehead atoms. The second-order valence-electron chi connectivity index (χ2n) is 6.12. The van der Waals surface area contributed by atoms with E-state index in [1.807, 2.05) is 0 Å². The number of esters is 1. The maximum Gasteiger partial charge on any atom is 0.573 e. The SMILES string of the molecule is COC(=O)c1c(C)n2c3ccccc3c(=O)n2c2ccc(OC(F)(F)F)cc12. The third-order valence-electron chi connectivity index (χ3n) is 4.52. The molecular formula is C19H13F3N2O4. The first-order valence-electron chi connectivity index (χ1n) is 8.16. The number of hydrogen-bond donors (Lipinski definition) is 0. The van der Waals surface area contributed by atoms with Gasteiger partial charge in [-0.2, -0.15) is 0 Å². The van der Waals surface area contributed by atoms with Gasteiger partial charge in [0.05, 0.1) is 34.8 Å². The Hall–Kier alpha value is -3.49. The number of halogens is 3. The number of aromatic nitrogens is 2. The summed E-state index contributed by atoms with van der Waals surface area (Å²) in [6, 6.07) is 10.3. The molecule has 0 N–H and O–H groups in total. The first-order chi connectivity index (χ1) is 13.2. The Kier molecular flexibility index (Phi) is 3.84. The molecule has 4 rings (SSSR count). The lowest BCUT2D eigenvalue weighted by Gasteiger charge is -2.15. The third-order valence-corrected chi connectivity index (χ3v) is 4.52. The predicted octanol–water partition coefficient (Wildman–Crippen LogP) is 3.70. The van der Waals surface area contributed by atoms with Crippen molar-refractivity contribution in [2.75, 3.05) is 7.11 Å². The van der Waals surface area contributed by atoms with E-state index >= 15 is 0 Å². The number of rotatable bonds is 2. The van der Waals surface area contributed by atoms with Gasteiger partial charge in [-0.3, -0.25) is 4.79 Å². The highest BCUT2D eigenvalue weighted by Crippen LogP contribution is 2.30. The van der Waals surface area contributed by atoms with Crippen LogP contribution in [0.25, 0.3) is 21.8 Å². The highest BCUT2D eigenvalue weighted by Gasteiger charge is 2.31. The molecule has 0 aliphatic heterocycles. The topological polar surface area (TPSA) is 61.4 Å². The summed E-state index contributed by atoms with van der Waals surface area (Å²) in [5, 5.41) is 0.526. The molecule has 0 spiro atoms. The summed E-state index contributed by atoms with van der Waals surface area (Å²) in [5.41, 5.74) is 0.853. The quantitative estimate of drug-likeness (QED) is 0.490. The summed E-state index contributed by atoms with van der Waals surface area (Å²) in [5.74, 6) is -1.24. The van der Waals surface area contributed by atoms with Gasteiger partial charge in [-0.05, 0) is 37.3 Å². The lowest BCUT2D eigenvalue weighted by Crippen LogP contribution is -2.19. The molecule has 144 valence electrons. The van der Waals surface area contributed by atoms with Gasteiger partial charge in [0.25, 0.3) is 5.56 Å². The van der Waals surface area contributed by atoms with Gasteiger partial charge in [0, 0.05) is 5.39 Å². The van der Waals surface area contributed by atoms with E-state index in [9.17, 15) is 22.8 Å². The molecular weight excluding hydrogens is 377 g/mol. The van der Waals surface area contributed by atoms with E-state index in [0.717, 1.165) is 12.1 Å². The number of alkyl halides is 3. The zero-order valence-corrected chi connectivity index (χ0v) is 14.7. The lowest BCUT2D eigenvalue weighted by atomic mass is 10.1. The second kappa shape index (κ2) is 6.01. The molecule has 0 saturated heterocycles. The maximum atomic E-state index is 12.9. The molecule has 0 aliphatic rings. The Balaban J connectivity index is 2.22. The van der Waals surface area contributed by atoms with Crippen LogP contribution in [-0.4, -0.2) is 28.5 Å². The molecule has 0 amide bonds. The van der Waals surface area contributed by atoms with E-state index in [4.69, 9.17) is 4.74 Å². The van der Waals surface area contributed by atoms with Crippen molar-refractivity contribution in [2.45, 2.75) is 13.3 Å². The van der Waals surface area contributed by atoms with Gasteiger partial charge in [-0.1, -0.05) is 12.1 Å². The molecule has 6 nitrogen and oxygen atoms in total. The summed E-state index contributed by atoms with van der Waals surface area (Å²) in [4.78, 5) is 25.4. The summed E-state index contributed by atoms with van der Waals surface area (Å²) < 4.78 is 49.6. The van der Waals surface area contributed by atoms with Crippen LogP contribution in [0, 0.1) is 6.92 Å². The summed E-state index contributed by atoms with van der Waals surface area (Å²) in [6.07, 6.45) is -4.89. The molecule has 0 aliphatic carbocycles. The first-order valence-corrected chi connectivity index (χ1v) is 8.16. The number of fused-ring (bicyclic) bond motifs is 5. The monoisotopic (exact) mass is 390 g/mol. The zero-order valence-electron chi connectivity index (χ0n) is 14.7. The van der Waals surface area contributed by atoms with Crippen molar-refractivity contribution >= 4 is 27.8 Å². The number of para-hydroxylation sites is 1. The van der Waals surface area contributed by atoms with Crippen LogP contribution in [0.1, 0.15) is 16.1 Å². The fourth-order valence-electron chi connectivity index (χ4n) is 3.46. The molecule has 2 aromatic heterocycles. The maximum absolute atomic E-state index is 12.9. The molecule has 4 aromatic rings. The Morgan fingerprint density at radius 3 is 2.36 bits per heavy atom. The lowest BCUT2D eigenvalue weighted by molar-refractivity contribution is -0.274. The van der Waals surface area contributed by atoms with Gasteiger partial charge in [-0.25, -0.2) is 13.8 Å². The highest BCUT2D eigenvalue weighted by molar-refractivity contribution is 6.05. The Morgan fingerprint density at radius 2 is 1.68 bits per heavy atom. The minimum absolute atomic E-state index is 0.0471. The van der Waals surface area contributed by atoms with Crippen LogP contribution in [0.15, 0.2) is 47.3 Å². The first kappa shape index (κ1) is 17.9. The van der Waals surface area contributed by atoms with Crippen molar-refractivity contribution in [3.05, 3.63) is 64.1 Å². The van der Waals surface area contributed by atoms with E-state index < -0.39 is 18.1 Å². The second-order valence-corrected chi connectivity index (χ2v) is 6.12. The van der Waals surface area contributed by atoms with Gasteiger partial charge >= 0.3 is 12.3 Å². The summed E-state index contributed by atoms with van der Waals surface area (Å²) in [6.45, 7) is 1.59. The zero-order chi connectivity index (χ0) is 20.2.